The van der Waals surface area contributed by atoms with Crippen LogP contribution in [0.2, 0.25) is 0 Å². The molecule has 0 unspecified atom stereocenters. The molecule has 22 heavy (non-hydrogen) atoms. The number of ether oxygens (including phenoxy) is 1. The minimum atomic E-state index is -0.140. The lowest BCUT2D eigenvalue weighted by Gasteiger charge is -2.18. The predicted octanol–water partition coefficient (Wildman–Crippen LogP) is 2.84. The lowest BCUT2D eigenvalue weighted by molar-refractivity contribution is 0.0932. The maximum atomic E-state index is 12.1. The minimum absolute atomic E-state index is 0.107. The zero-order chi connectivity index (χ0) is 16.2. The average molecular weight is 301 g/mol. The molecule has 1 N–H and O–H groups in total. The van der Waals surface area contributed by atoms with Gasteiger partial charge in [0.25, 0.3) is 5.91 Å². The number of rotatable bonds is 5. The van der Waals surface area contributed by atoms with Crippen molar-refractivity contribution in [1.82, 2.24) is 15.1 Å². The average Bonchev–Trinajstić information content (AvgIpc) is 2.96. The molecule has 0 saturated heterocycles. The molecule has 0 bridgehead atoms. The van der Waals surface area contributed by atoms with Crippen LogP contribution in [0.3, 0.4) is 0 Å². The van der Waals surface area contributed by atoms with Gasteiger partial charge in [-0.1, -0.05) is 18.2 Å². The number of benzene rings is 1. The van der Waals surface area contributed by atoms with Crippen LogP contribution in [0.5, 0.6) is 5.75 Å². The summed E-state index contributed by atoms with van der Waals surface area (Å²) in [5.41, 5.74) is 0.421. The van der Waals surface area contributed by atoms with Crippen LogP contribution in [0.1, 0.15) is 38.1 Å². The maximum Gasteiger partial charge on any atom is 0.254 e. The Labute approximate surface area is 131 Å². The van der Waals surface area contributed by atoms with Gasteiger partial charge in [-0.15, -0.1) is 0 Å². The maximum absolute atomic E-state index is 12.1. The molecule has 5 heteroatoms. The molecule has 0 spiro atoms. The van der Waals surface area contributed by atoms with E-state index in [9.17, 15) is 4.79 Å². The smallest absolute Gasteiger partial charge is 0.254 e. The van der Waals surface area contributed by atoms with Gasteiger partial charge in [0.1, 0.15) is 11.9 Å². The van der Waals surface area contributed by atoms with E-state index in [1.807, 2.05) is 58.0 Å². The van der Waals surface area contributed by atoms with Crippen LogP contribution in [-0.2, 0) is 5.54 Å². The SMILES string of the molecule is C[C@@H](CNC(=O)c1cnn(C(C)(C)C)c1)Oc1ccccc1. The monoisotopic (exact) mass is 301 g/mol. The number of carbonyl (C=O) groups excluding carboxylic acids is 1. The lowest BCUT2D eigenvalue weighted by Crippen LogP contribution is -2.33. The molecule has 2 aromatic rings. The Hall–Kier alpha value is -2.30. The minimum Gasteiger partial charge on any atom is -0.489 e. The Balaban J connectivity index is 1.86. The van der Waals surface area contributed by atoms with Gasteiger partial charge in [0, 0.05) is 6.20 Å². The van der Waals surface area contributed by atoms with Crippen LogP contribution in [0, 0.1) is 0 Å². The molecule has 0 radical (unpaired) electrons. The first kappa shape index (κ1) is 16.1. The second-order valence-corrected chi connectivity index (χ2v) is 6.30. The number of hydrogen-bond donors (Lipinski definition) is 1. The Morgan fingerprint density at radius 1 is 1.32 bits per heavy atom. The molecule has 0 aliphatic rings. The van der Waals surface area contributed by atoms with E-state index < -0.39 is 0 Å². The van der Waals surface area contributed by atoms with Crippen molar-refractivity contribution < 1.29 is 9.53 Å². The number of nitrogens with one attached hydrogen (secondary N) is 1. The topological polar surface area (TPSA) is 56.2 Å². The van der Waals surface area contributed by atoms with Gasteiger partial charge in [0.15, 0.2) is 0 Å². The third-order valence-electron chi connectivity index (χ3n) is 3.16. The van der Waals surface area contributed by atoms with Gasteiger partial charge in [0.05, 0.1) is 23.8 Å². The Morgan fingerprint density at radius 2 is 2.00 bits per heavy atom. The molecule has 118 valence electrons. The molecule has 1 amide bonds. The van der Waals surface area contributed by atoms with Gasteiger partial charge in [0.2, 0.25) is 0 Å². The highest BCUT2D eigenvalue weighted by Crippen LogP contribution is 2.13. The van der Waals surface area contributed by atoms with Crippen molar-refractivity contribution in [2.24, 2.45) is 0 Å². The fourth-order valence-electron chi connectivity index (χ4n) is 1.92. The first-order chi connectivity index (χ1) is 10.4. The highest BCUT2D eigenvalue weighted by molar-refractivity contribution is 5.93. The van der Waals surface area contributed by atoms with Gasteiger partial charge < -0.3 is 10.1 Å². The zero-order valence-electron chi connectivity index (χ0n) is 13.5. The summed E-state index contributed by atoms with van der Waals surface area (Å²) < 4.78 is 7.51. The van der Waals surface area contributed by atoms with Gasteiger partial charge in [-0.3, -0.25) is 9.48 Å². The fraction of sp³-hybridized carbons (Fsp3) is 0.412. The lowest BCUT2D eigenvalue weighted by atomic mass is 10.1. The predicted molar refractivity (Wildman–Crippen MR) is 86.1 cm³/mol. The summed E-state index contributed by atoms with van der Waals surface area (Å²) in [6.45, 7) is 8.48. The molecule has 1 aromatic carbocycles. The van der Waals surface area contributed by atoms with Crippen molar-refractivity contribution in [2.75, 3.05) is 6.54 Å². The van der Waals surface area contributed by atoms with Crippen molar-refractivity contribution in [3.63, 3.8) is 0 Å². The van der Waals surface area contributed by atoms with E-state index in [2.05, 4.69) is 10.4 Å². The Kier molecular flexibility index (Phi) is 4.85. The van der Waals surface area contributed by atoms with Crippen molar-refractivity contribution in [2.45, 2.75) is 39.3 Å². The second-order valence-electron chi connectivity index (χ2n) is 6.30. The van der Waals surface area contributed by atoms with E-state index in [1.54, 1.807) is 17.1 Å². The molecule has 0 aliphatic heterocycles. The number of amides is 1. The summed E-state index contributed by atoms with van der Waals surface area (Å²) in [6.07, 6.45) is 3.24. The van der Waals surface area contributed by atoms with Crippen molar-refractivity contribution in [1.29, 1.82) is 0 Å². The molecule has 1 heterocycles. The van der Waals surface area contributed by atoms with Gasteiger partial charge in [-0.2, -0.15) is 5.10 Å². The molecular weight excluding hydrogens is 278 g/mol. The Morgan fingerprint density at radius 3 is 2.59 bits per heavy atom. The van der Waals surface area contributed by atoms with Crippen LogP contribution in [0.4, 0.5) is 0 Å². The second kappa shape index (κ2) is 6.64. The summed E-state index contributed by atoms with van der Waals surface area (Å²) in [5, 5.41) is 7.09. The highest BCUT2D eigenvalue weighted by atomic mass is 16.5. The summed E-state index contributed by atoms with van der Waals surface area (Å²) in [4.78, 5) is 12.1. The molecular formula is C17H23N3O2. The zero-order valence-corrected chi connectivity index (χ0v) is 13.5. The van der Waals surface area contributed by atoms with Crippen molar-refractivity contribution in [3.8, 4) is 5.75 Å². The number of aromatic nitrogens is 2. The molecule has 2 rings (SSSR count). The van der Waals surface area contributed by atoms with E-state index in [4.69, 9.17) is 4.74 Å². The normalized spacial score (nSPS) is 12.7. The fourth-order valence-corrected chi connectivity index (χ4v) is 1.92. The molecule has 5 nitrogen and oxygen atoms in total. The summed E-state index contributed by atoms with van der Waals surface area (Å²) in [6, 6.07) is 9.56. The third kappa shape index (κ3) is 4.35. The summed E-state index contributed by atoms with van der Waals surface area (Å²) >= 11 is 0. The molecule has 1 atom stereocenters. The Bertz CT molecular complexity index is 614. The summed E-state index contributed by atoms with van der Waals surface area (Å²) in [5.74, 6) is 0.656. The van der Waals surface area contributed by atoms with Gasteiger partial charge >= 0.3 is 0 Å². The van der Waals surface area contributed by atoms with E-state index >= 15 is 0 Å². The largest absolute Gasteiger partial charge is 0.489 e. The molecule has 0 aliphatic carbocycles. The number of nitrogens with zero attached hydrogens (tertiary/aromatic N) is 2. The van der Waals surface area contributed by atoms with Gasteiger partial charge in [-0.05, 0) is 39.8 Å². The first-order valence-corrected chi connectivity index (χ1v) is 7.41. The standard InChI is InChI=1S/C17H23N3O2/c1-13(22-15-8-6-5-7-9-15)10-18-16(21)14-11-19-20(12-14)17(2,3)4/h5-9,11-13H,10H2,1-4H3,(H,18,21)/t13-/m0/s1. The van der Waals surface area contributed by atoms with Crippen LogP contribution in [-0.4, -0.2) is 28.3 Å². The number of carbonyl (C=O) groups is 1. The quantitative estimate of drug-likeness (QED) is 0.924. The van der Waals surface area contributed by atoms with Crippen LogP contribution in [0.15, 0.2) is 42.7 Å². The van der Waals surface area contributed by atoms with E-state index in [0.717, 1.165) is 5.75 Å². The highest BCUT2D eigenvalue weighted by Gasteiger charge is 2.17. The third-order valence-corrected chi connectivity index (χ3v) is 3.16. The van der Waals surface area contributed by atoms with Gasteiger partial charge in [-0.25, -0.2) is 0 Å². The van der Waals surface area contributed by atoms with Crippen molar-refractivity contribution >= 4 is 5.91 Å². The number of para-hydroxylation sites is 1. The van der Waals surface area contributed by atoms with Crippen LogP contribution < -0.4 is 10.1 Å². The molecule has 1 aromatic heterocycles. The number of hydrogen-bond acceptors (Lipinski definition) is 3. The van der Waals surface area contributed by atoms with Crippen LogP contribution in [0.25, 0.3) is 0 Å². The van der Waals surface area contributed by atoms with Crippen molar-refractivity contribution in [3.05, 3.63) is 48.3 Å². The molecule has 0 fully saturated rings. The van der Waals surface area contributed by atoms with E-state index in [1.165, 1.54) is 0 Å². The van der Waals surface area contributed by atoms with E-state index in [-0.39, 0.29) is 17.6 Å². The van der Waals surface area contributed by atoms with E-state index in [0.29, 0.717) is 12.1 Å². The van der Waals surface area contributed by atoms with Crippen LogP contribution >= 0.6 is 0 Å². The first-order valence-electron chi connectivity index (χ1n) is 7.41. The summed E-state index contributed by atoms with van der Waals surface area (Å²) in [7, 11) is 0. The molecule has 0 saturated carbocycles.